The van der Waals surface area contributed by atoms with Crippen LogP contribution < -0.4 is 4.74 Å². The number of carbonyl (C=O) groups excluding carboxylic acids is 1. The second-order valence-electron chi connectivity index (χ2n) is 10.9. The molecule has 0 unspecified atom stereocenters. The van der Waals surface area contributed by atoms with Gasteiger partial charge in [0, 0.05) is 28.8 Å². The number of hydrogen-bond donors (Lipinski definition) is 0. The fourth-order valence-corrected chi connectivity index (χ4v) is 6.91. The number of piperidine rings is 1. The second-order valence-corrected chi connectivity index (χ2v) is 12.5. The van der Waals surface area contributed by atoms with Crippen molar-refractivity contribution in [3.8, 4) is 5.75 Å². The van der Waals surface area contributed by atoms with E-state index in [1.54, 1.807) is 13.3 Å². The molecule has 0 N–H and O–H groups in total. The van der Waals surface area contributed by atoms with Crippen LogP contribution in [0.5, 0.6) is 5.75 Å². The summed E-state index contributed by atoms with van der Waals surface area (Å²) in [5.74, 6) is 0.346. The smallest absolute Gasteiger partial charge is 0.312 e. The van der Waals surface area contributed by atoms with E-state index >= 15 is 0 Å². The molecule has 0 spiro atoms. The summed E-state index contributed by atoms with van der Waals surface area (Å²) in [6.45, 7) is 2.41. The highest BCUT2D eigenvalue weighted by Gasteiger charge is 2.42. The number of carbonyl (C=O) groups is 1. The molecule has 1 saturated heterocycles. The van der Waals surface area contributed by atoms with E-state index in [1.165, 1.54) is 17.8 Å². The fourth-order valence-electron chi connectivity index (χ4n) is 5.70. The van der Waals surface area contributed by atoms with Crippen molar-refractivity contribution in [2.24, 2.45) is 5.41 Å². The van der Waals surface area contributed by atoms with E-state index < -0.39 is 17.0 Å². The molecule has 226 valence electrons. The third-order valence-electron chi connectivity index (χ3n) is 8.23. The Hall–Kier alpha value is -3.20. The quantitative estimate of drug-likeness (QED) is 0.117. The average molecular weight is 625 g/mol. The summed E-state index contributed by atoms with van der Waals surface area (Å²) >= 11 is 7.93. The van der Waals surface area contributed by atoms with Gasteiger partial charge in [-0.25, -0.2) is 8.78 Å². The lowest BCUT2D eigenvalue weighted by Gasteiger charge is -2.40. The van der Waals surface area contributed by atoms with Crippen molar-refractivity contribution in [2.75, 3.05) is 32.5 Å². The standard InChI is InChI=1S/C34H35ClF2N2O3S/c1-41-26-10-12-31-28(21-26)27(29(35)22-38-31)8-5-13-34(33(40)42-23-24-6-3-2-4-7-24)14-16-39(17-15-34)18-19-43-32-20-25(36)9-11-30(32)37/h2-4,6-7,9-12,20-22H,5,8,13-19,23H2,1H3. The first-order chi connectivity index (χ1) is 20.9. The second kappa shape index (κ2) is 14.5. The highest BCUT2D eigenvalue weighted by molar-refractivity contribution is 7.99. The number of pyridine rings is 1. The van der Waals surface area contributed by atoms with Crippen molar-refractivity contribution in [3.05, 3.63) is 101 Å². The zero-order valence-corrected chi connectivity index (χ0v) is 25.7. The zero-order chi connectivity index (χ0) is 30.2. The topological polar surface area (TPSA) is 51.7 Å². The van der Waals surface area contributed by atoms with Gasteiger partial charge in [0.05, 0.1) is 23.1 Å². The summed E-state index contributed by atoms with van der Waals surface area (Å²) in [5, 5.41) is 1.55. The molecule has 5 rings (SSSR count). The Bertz CT molecular complexity index is 1550. The molecule has 1 fully saturated rings. The minimum atomic E-state index is -0.611. The van der Waals surface area contributed by atoms with Gasteiger partial charge in [-0.2, -0.15) is 0 Å². The first-order valence-corrected chi connectivity index (χ1v) is 15.9. The number of methoxy groups -OCH3 is 1. The minimum absolute atomic E-state index is 0.167. The van der Waals surface area contributed by atoms with Crippen molar-refractivity contribution in [1.82, 2.24) is 9.88 Å². The molecular formula is C34H35ClF2N2O3S. The summed E-state index contributed by atoms with van der Waals surface area (Å²) in [7, 11) is 1.63. The predicted octanol–water partition coefficient (Wildman–Crippen LogP) is 8.12. The van der Waals surface area contributed by atoms with Crippen LogP contribution in [0.15, 0.2) is 77.8 Å². The molecule has 0 aliphatic carbocycles. The van der Waals surface area contributed by atoms with Crippen LogP contribution in [-0.4, -0.2) is 48.4 Å². The van der Waals surface area contributed by atoms with Crippen molar-refractivity contribution < 1.29 is 23.0 Å². The fraction of sp³-hybridized carbons (Fsp3) is 0.353. The van der Waals surface area contributed by atoms with Crippen LogP contribution in [0.25, 0.3) is 10.9 Å². The molecule has 9 heteroatoms. The van der Waals surface area contributed by atoms with Gasteiger partial charge >= 0.3 is 5.97 Å². The summed E-state index contributed by atoms with van der Waals surface area (Å²) in [5.41, 5.74) is 2.19. The number of benzene rings is 3. The lowest BCUT2D eigenvalue weighted by molar-refractivity contribution is -0.161. The maximum absolute atomic E-state index is 14.0. The molecule has 0 atom stereocenters. The average Bonchev–Trinajstić information content (AvgIpc) is 3.03. The minimum Gasteiger partial charge on any atom is -0.497 e. The van der Waals surface area contributed by atoms with E-state index in [1.807, 2.05) is 48.5 Å². The number of halogens is 3. The van der Waals surface area contributed by atoms with Gasteiger partial charge in [-0.1, -0.05) is 41.9 Å². The van der Waals surface area contributed by atoms with Gasteiger partial charge in [0.2, 0.25) is 0 Å². The van der Waals surface area contributed by atoms with Gasteiger partial charge in [-0.3, -0.25) is 9.78 Å². The Morgan fingerprint density at radius 2 is 1.86 bits per heavy atom. The number of nitrogens with zero attached hydrogens (tertiary/aromatic N) is 2. The van der Waals surface area contributed by atoms with E-state index in [-0.39, 0.29) is 12.6 Å². The molecule has 5 nitrogen and oxygen atoms in total. The normalized spacial score (nSPS) is 15.0. The lowest BCUT2D eigenvalue weighted by atomic mass is 9.74. The molecule has 1 aliphatic rings. The van der Waals surface area contributed by atoms with E-state index in [4.69, 9.17) is 21.1 Å². The number of likely N-dealkylation sites (tertiary alicyclic amines) is 1. The molecule has 0 saturated carbocycles. The Morgan fingerprint density at radius 3 is 2.63 bits per heavy atom. The highest BCUT2D eigenvalue weighted by Crippen LogP contribution is 2.39. The first kappa shape index (κ1) is 31.2. The van der Waals surface area contributed by atoms with Gasteiger partial charge in [0.15, 0.2) is 0 Å². The number of aryl methyl sites for hydroxylation is 1. The maximum atomic E-state index is 14.0. The van der Waals surface area contributed by atoms with E-state index in [0.29, 0.717) is 41.4 Å². The highest BCUT2D eigenvalue weighted by atomic mass is 35.5. The number of esters is 1. The zero-order valence-electron chi connectivity index (χ0n) is 24.2. The van der Waals surface area contributed by atoms with Crippen LogP contribution in [0, 0.1) is 17.0 Å². The van der Waals surface area contributed by atoms with E-state index in [9.17, 15) is 13.6 Å². The van der Waals surface area contributed by atoms with Crippen molar-refractivity contribution >= 4 is 40.2 Å². The van der Waals surface area contributed by atoms with Crippen molar-refractivity contribution in [2.45, 2.75) is 43.6 Å². The number of hydrogen-bond acceptors (Lipinski definition) is 6. The molecule has 0 bridgehead atoms. The summed E-state index contributed by atoms with van der Waals surface area (Å²) in [6.07, 6.45) is 5.13. The predicted molar refractivity (Wildman–Crippen MR) is 168 cm³/mol. The number of fused-ring (bicyclic) bond motifs is 1. The molecule has 43 heavy (non-hydrogen) atoms. The third kappa shape index (κ3) is 7.85. The van der Waals surface area contributed by atoms with Gasteiger partial charge in [0.25, 0.3) is 0 Å². The lowest BCUT2D eigenvalue weighted by Crippen LogP contribution is -2.45. The Morgan fingerprint density at radius 1 is 1.07 bits per heavy atom. The number of rotatable bonds is 12. The number of ether oxygens (including phenoxy) is 2. The van der Waals surface area contributed by atoms with E-state index in [2.05, 4.69) is 9.88 Å². The van der Waals surface area contributed by atoms with Gasteiger partial charge in [-0.15, -0.1) is 11.8 Å². The van der Waals surface area contributed by atoms with E-state index in [0.717, 1.165) is 66.0 Å². The molecule has 2 heterocycles. The molecule has 0 radical (unpaired) electrons. The molecule has 4 aromatic rings. The van der Waals surface area contributed by atoms with Crippen LogP contribution >= 0.6 is 23.4 Å². The Kier molecular flexibility index (Phi) is 10.5. The van der Waals surface area contributed by atoms with Crippen LogP contribution in [0.4, 0.5) is 8.78 Å². The van der Waals surface area contributed by atoms with Gasteiger partial charge < -0.3 is 14.4 Å². The first-order valence-electron chi connectivity index (χ1n) is 14.5. The Balaban J connectivity index is 1.25. The van der Waals surface area contributed by atoms with Crippen molar-refractivity contribution in [3.63, 3.8) is 0 Å². The largest absolute Gasteiger partial charge is 0.497 e. The molecule has 3 aromatic carbocycles. The number of aromatic nitrogens is 1. The molecular weight excluding hydrogens is 590 g/mol. The van der Waals surface area contributed by atoms with Crippen LogP contribution in [0.3, 0.4) is 0 Å². The van der Waals surface area contributed by atoms with Crippen LogP contribution in [-0.2, 0) is 22.6 Å². The molecule has 1 aliphatic heterocycles. The van der Waals surface area contributed by atoms with Gasteiger partial charge in [0.1, 0.15) is 24.0 Å². The molecule has 1 aromatic heterocycles. The number of thioether (sulfide) groups is 1. The summed E-state index contributed by atoms with van der Waals surface area (Å²) in [4.78, 5) is 20.8. The third-order valence-corrected chi connectivity index (χ3v) is 9.57. The summed E-state index contributed by atoms with van der Waals surface area (Å²) in [6, 6.07) is 19.0. The van der Waals surface area contributed by atoms with Crippen LogP contribution in [0.2, 0.25) is 5.02 Å². The maximum Gasteiger partial charge on any atom is 0.312 e. The monoisotopic (exact) mass is 624 g/mol. The SMILES string of the molecule is COc1ccc2ncc(Cl)c(CCCC3(C(=O)OCc4ccccc4)CCN(CCSc4cc(F)ccc4F)CC3)c2c1. The van der Waals surface area contributed by atoms with Gasteiger partial charge in [-0.05, 0) is 92.7 Å². The molecule has 0 amide bonds. The van der Waals surface area contributed by atoms with Crippen LogP contribution in [0.1, 0.15) is 36.8 Å². The van der Waals surface area contributed by atoms with Crippen molar-refractivity contribution in [1.29, 1.82) is 0 Å². The Labute approximate surface area is 260 Å². The summed E-state index contributed by atoms with van der Waals surface area (Å²) < 4.78 is 38.9.